The second-order valence-corrected chi connectivity index (χ2v) is 6.40. The minimum absolute atomic E-state index is 0.325. The molecule has 5 N–H and O–H groups in total. The maximum atomic E-state index is 5.94. The van der Waals surface area contributed by atoms with Crippen molar-refractivity contribution < 1.29 is 4.74 Å². The van der Waals surface area contributed by atoms with Crippen LogP contribution >= 0.6 is 0 Å². The first-order valence-corrected chi connectivity index (χ1v) is 8.46. The van der Waals surface area contributed by atoms with Gasteiger partial charge in [-0.1, -0.05) is 36.8 Å². The van der Waals surface area contributed by atoms with Gasteiger partial charge in [-0.25, -0.2) is 9.97 Å². The highest BCUT2D eigenvalue weighted by atomic mass is 16.5. The van der Waals surface area contributed by atoms with Crippen molar-refractivity contribution in [3.63, 3.8) is 0 Å². The Morgan fingerprint density at radius 2 is 1.96 bits per heavy atom. The third-order valence-corrected chi connectivity index (χ3v) is 4.50. The van der Waals surface area contributed by atoms with Crippen molar-refractivity contribution in [3.8, 4) is 0 Å². The van der Waals surface area contributed by atoms with Crippen molar-refractivity contribution in [3.05, 3.63) is 42.2 Å². The second kappa shape index (κ2) is 7.97. The van der Waals surface area contributed by atoms with Crippen LogP contribution in [0.2, 0.25) is 0 Å². The first kappa shape index (κ1) is 16.5. The maximum Gasteiger partial charge on any atom is 0.155 e. The SMILES string of the molecule is Nc1ncnc(NC2CCCC(COCc3ccccc3)C2)c1N. The largest absolute Gasteiger partial charge is 0.393 e. The monoisotopic (exact) mass is 327 g/mol. The van der Waals surface area contributed by atoms with Crippen LogP contribution in [0.5, 0.6) is 0 Å². The van der Waals surface area contributed by atoms with E-state index in [4.69, 9.17) is 16.2 Å². The lowest BCUT2D eigenvalue weighted by atomic mass is 9.86. The molecule has 0 radical (unpaired) electrons. The minimum atomic E-state index is 0.325. The van der Waals surface area contributed by atoms with Gasteiger partial charge in [0.1, 0.15) is 12.0 Å². The van der Waals surface area contributed by atoms with Crippen molar-refractivity contribution in [2.75, 3.05) is 23.4 Å². The van der Waals surface area contributed by atoms with E-state index < -0.39 is 0 Å². The molecule has 0 aliphatic heterocycles. The van der Waals surface area contributed by atoms with Gasteiger partial charge in [-0.05, 0) is 30.7 Å². The normalized spacial score (nSPS) is 20.7. The summed E-state index contributed by atoms with van der Waals surface area (Å²) in [5, 5.41) is 3.42. The molecule has 2 unspecified atom stereocenters. The zero-order valence-electron chi connectivity index (χ0n) is 13.8. The Morgan fingerprint density at radius 3 is 2.79 bits per heavy atom. The Balaban J connectivity index is 1.48. The molecule has 1 aromatic heterocycles. The summed E-state index contributed by atoms with van der Waals surface area (Å²) in [6.07, 6.45) is 5.99. The number of nitrogen functional groups attached to an aromatic ring is 2. The number of anilines is 3. The van der Waals surface area contributed by atoms with Gasteiger partial charge in [0.2, 0.25) is 0 Å². The molecule has 2 aromatic rings. The molecule has 24 heavy (non-hydrogen) atoms. The molecule has 0 amide bonds. The van der Waals surface area contributed by atoms with Gasteiger partial charge < -0.3 is 21.5 Å². The summed E-state index contributed by atoms with van der Waals surface area (Å²) < 4.78 is 5.90. The number of hydrogen-bond acceptors (Lipinski definition) is 6. The first-order chi connectivity index (χ1) is 11.7. The van der Waals surface area contributed by atoms with Gasteiger partial charge in [-0.2, -0.15) is 0 Å². The van der Waals surface area contributed by atoms with E-state index in [1.165, 1.54) is 24.7 Å². The molecule has 1 aliphatic carbocycles. The van der Waals surface area contributed by atoms with Crippen molar-refractivity contribution in [1.29, 1.82) is 0 Å². The van der Waals surface area contributed by atoms with Crippen LogP contribution in [0.1, 0.15) is 31.2 Å². The predicted molar refractivity (Wildman–Crippen MR) is 96.3 cm³/mol. The lowest BCUT2D eigenvalue weighted by molar-refractivity contribution is 0.0720. The summed E-state index contributed by atoms with van der Waals surface area (Å²) in [7, 11) is 0. The highest BCUT2D eigenvalue weighted by molar-refractivity contribution is 5.72. The molecule has 128 valence electrons. The average molecular weight is 327 g/mol. The van der Waals surface area contributed by atoms with Gasteiger partial charge >= 0.3 is 0 Å². The molecule has 2 atom stereocenters. The molecule has 1 aromatic carbocycles. The Labute approximate surface area is 142 Å². The number of nitrogens with one attached hydrogen (secondary N) is 1. The highest BCUT2D eigenvalue weighted by Gasteiger charge is 2.23. The van der Waals surface area contributed by atoms with Crippen molar-refractivity contribution in [1.82, 2.24) is 9.97 Å². The maximum absolute atomic E-state index is 5.94. The Hall–Kier alpha value is -2.34. The van der Waals surface area contributed by atoms with E-state index in [-0.39, 0.29) is 0 Å². The van der Waals surface area contributed by atoms with Crippen LogP contribution in [0.4, 0.5) is 17.3 Å². The van der Waals surface area contributed by atoms with Crippen LogP contribution in [0.25, 0.3) is 0 Å². The molecule has 1 fully saturated rings. The van der Waals surface area contributed by atoms with E-state index in [1.54, 1.807) is 0 Å². The molecular weight excluding hydrogens is 302 g/mol. The topological polar surface area (TPSA) is 99.1 Å². The zero-order chi connectivity index (χ0) is 16.8. The molecule has 6 heteroatoms. The quantitative estimate of drug-likeness (QED) is 0.754. The molecule has 1 aliphatic rings. The van der Waals surface area contributed by atoms with Crippen LogP contribution in [0, 0.1) is 5.92 Å². The number of benzene rings is 1. The second-order valence-electron chi connectivity index (χ2n) is 6.40. The summed E-state index contributed by atoms with van der Waals surface area (Å²) in [4.78, 5) is 8.10. The number of nitrogens with two attached hydrogens (primary N) is 2. The molecule has 1 saturated carbocycles. The fourth-order valence-electron chi connectivity index (χ4n) is 3.21. The third-order valence-electron chi connectivity index (χ3n) is 4.50. The fraction of sp³-hybridized carbons (Fsp3) is 0.444. The summed E-state index contributed by atoms with van der Waals surface area (Å²) in [5.41, 5.74) is 13.3. The van der Waals surface area contributed by atoms with E-state index in [2.05, 4.69) is 27.4 Å². The van der Waals surface area contributed by atoms with Crippen LogP contribution < -0.4 is 16.8 Å². The molecule has 6 nitrogen and oxygen atoms in total. The zero-order valence-corrected chi connectivity index (χ0v) is 13.8. The predicted octanol–water partition coefficient (Wildman–Crippen LogP) is 2.83. The third kappa shape index (κ3) is 4.35. The molecule has 0 bridgehead atoms. The van der Waals surface area contributed by atoms with Crippen LogP contribution in [0.3, 0.4) is 0 Å². The van der Waals surface area contributed by atoms with E-state index >= 15 is 0 Å². The number of nitrogens with zero attached hydrogens (tertiary/aromatic N) is 2. The molecule has 3 rings (SSSR count). The summed E-state index contributed by atoms with van der Waals surface area (Å²) in [5.74, 6) is 1.52. The van der Waals surface area contributed by atoms with Crippen LogP contribution in [-0.4, -0.2) is 22.6 Å². The lowest BCUT2D eigenvalue weighted by Gasteiger charge is -2.30. The van der Waals surface area contributed by atoms with Crippen LogP contribution in [-0.2, 0) is 11.3 Å². The molecule has 0 spiro atoms. The number of aromatic nitrogens is 2. The van der Waals surface area contributed by atoms with Gasteiger partial charge in [0.25, 0.3) is 0 Å². The highest BCUT2D eigenvalue weighted by Crippen LogP contribution is 2.29. The molecule has 1 heterocycles. The summed E-state index contributed by atoms with van der Waals surface area (Å²) in [6.45, 7) is 1.46. The van der Waals surface area contributed by atoms with Gasteiger partial charge in [0.15, 0.2) is 11.6 Å². The van der Waals surface area contributed by atoms with E-state index in [9.17, 15) is 0 Å². The Morgan fingerprint density at radius 1 is 1.12 bits per heavy atom. The van der Waals surface area contributed by atoms with Gasteiger partial charge in [0.05, 0.1) is 6.61 Å². The number of hydrogen-bond donors (Lipinski definition) is 3. The van der Waals surface area contributed by atoms with Crippen molar-refractivity contribution in [2.45, 2.75) is 38.3 Å². The van der Waals surface area contributed by atoms with E-state index in [0.717, 1.165) is 19.4 Å². The smallest absolute Gasteiger partial charge is 0.155 e. The number of ether oxygens (including phenoxy) is 1. The standard InChI is InChI=1S/C18H25N5O/c19-16-17(20)21-12-22-18(16)23-15-8-4-7-14(9-15)11-24-10-13-5-2-1-3-6-13/h1-3,5-6,12,14-15H,4,7-11,19H2,(H3,20,21,22,23). The summed E-state index contributed by atoms with van der Waals surface area (Å²) >= 11 is 0. The van der Waals surface area contributed by atoms with Crippen LogP contribution in [0.15, 0.2) is 36.7 Å². The van der Waals surface area contributed by atoms with E-state index in [0.29, 0.717) is 35.9 Å². The van der Waals surface area contributed by atoms with Gasteiger partial charge in [-0.15, -0.1) is 0 Å². The Bertz CT molecular complexity index is 649. The average Bonchev–Trinajstić information content (AvgIpc) is 2.60. The van der Waals surface area contributed by atoms with Gasteiger partial charge in [0, 0.05) is 12.6 Å². The molecule has 0 saturated heterocycles. The minimum Gasteiger partial charge on any atom is -0.393 e. The first-order valence-electron chi connectivity index (χ1n) is 8.46. The fourth-order valence-corrected chi connectivity index (χ4v) is 3.21. The van der Waals surface area contributed by atoms with Gasteiger partial charge in [-0.3, -0.25) is 0 Å². The summed E-state index contributed by atoms with van der Waals surface area (Å²) in [6, 6.07) is 10.6. The molecular formula is C18H25N5O. The lowest BCUT2D eigenvalue weighted by Crippen LogP contribution is -2.30. The van der Waals surface area contributed by atoms with Crippen molar-refractivity contribution in [2.24, 2.45) is 5.92 Å². The van der Waals surface area contributed by atoms with E-state index in [1.807, 2.05) is 18.2 Å². The Kier molecular flexibility index (Phi) is 5.48. The number of rotatable bonds is 6. The van der Waals surface area contributed by atoms with Crippen molar-refractivity contribution >= 4 is 17.3 Å².